The lowest BCUT2D eigenvalue weighted by molar-refractivity contribution is 0.334. The Morgan fingerprint density at radius 1 is 1.33 bits per heavy atom. The Balaban J connectivity index is 1.67. The summed E-state index contributed by atoms with van der Waals surface area (Å²) >= 11 is 0. The van der Waals surface area contributed by atoms with E-state index in [2.05, 4.69) is 34.1 Å². The van der Waals surface area contributed by atoms with Gasteiger partial charge in [-0.05, 0) is 31.8 Å². The SMILES string of the molecule is CC(C)Cn1ncnc1CNCCN1CCCC1. The largest absolute Gasteiger partial charge is 0.309 e. The molecule has 102 valence electrons. The molecule has 1 saturated heterocycles. The highest BCUT2D eigenvalue weighted by Gasteiger charge is 2.10. The maximum Gasteiger partial charge on any atom is 0.140 e. The third kappa shape index (κ3) is 4.07. The third-order valence-electron chi connectivity index (χ3n) is 3.32. The minimum atomic E-state index is 0.607. The summed E-state index contributed by atoms with van der Waals surface area (Å²) in [7, 11) is 0. The molecule has 1 aromatic rings. The molecule has 2 heterocycles. The summed E-state index contributed by atoms with van der Waals surface area (Å²) in [5.74, 6) is 1.65. The van der Waals surface area contributed by atoms with E-state index in [9.17, 15) is 0 Å². The lowest BCUT2D eigenvalue weighted by Crippen LogP contribution is -2.30. The number of likely N-dealkylation sites (tertiary alicyclic amines) is 1. The minimum absolute atomic E-state index is 0.607. The van der Waals surface area contributed by atoms with Gasteiger partial charge in [-0.1, -0.05) is 13.8 Å². The molecule has 0 radical (unpaired) electrons. The summed E-state index contributed by atoms with van der Waals surface area (Å²) in [6.45, 7) is 10.9. The van der Waals surface area contributed by atoms with Crippen LogP contribution in [0.3, 0.4) is 0 Å². The monoisotopic (exact) mass is 251 g/mol. The van der Waals surface area contributed by atoms with Gasteiger partial charge in [-0.25, -0.2) is 9.67 Å². The normalized spacial score (nSPS) is 16.8. The molecule has 0 bridgehead atoms. The number of hydrogen-bond acceptors (Lipinski definition) is 4. The number of rotatable bonds is 7. The van der Waals surface area contributed by atoms with E-state index >= 15 is 0 Å². The molecule has 1 fully saturated rings. The fourth-order valence-corrected chi connectivity index (χ4v) is 2.37. The van der Waals surface area contributed by atoms with Crippen molar-refractivity contribution in [3.05, 3.63) is 12.2 Å². The average Bonchev–Trinajstić information content (AvgIpc) is 2.95. The van der Waals surface area contributed by atoms with Crippen LogP contribution in [0.1, 0.15) is 32.5 Å². The Bertz CT molecular complexity index is 341. The summed E-state index contributed by atoms with van der Waals surface area (Å²) in [6.07, 6.45) is 4.38. The highest BCUT2D eigenvalue weighted by atomic mass is 15.3. The van der Waals surface area contributed by atoms with Crippen LogP contribution in [-0.2, 0) is 13.1 Å². The molecule has 18 heavy (non-hydrogen) atoms. The summed E-state index contributed by atoms with van der Waals surface area (Å²) in [5.41, 5.74) is 0. The average molecular weight is 251 g/mol. The van der Waals surface area contributed by atoms with Crippen LogP contribution in [0.2, 0.25) is 0 Å². The fraction of sp³-hybridized carbons (Fsp3) is 0.846. The van der Waals surface area contributed by atoms with Crippen LogP contribution in [0.4, 0.5) is 0 Å². The molecule has 1 aromatic heterocycles. The van der Waals surface area contributed by atoms with E-state index in [1.54, 1.807) is 6.33 Å². The third-order valence-corrected chi connectivity index (χ3v) is 3.32. The van der Waals surface area contributed by atoms with Gasteiger partial charge in [0.05, 0.1) is 6.54 Å². The quantitative estimate of drug-likeness (QED) is 0.738. The lowest BCUT2D eigenvalue weighted by Gasteiger charge is -2.15. The molecular weight excluding hydrogens is 226 g/mol. The van der Waals surface area contributed by atoms with Gasteiger partial charge >= 0.3 is 0 Å². The van der Waals surface area contributed by atoms with Gasteiger partial charge in [0.1, 0.15) is 12.2 Å². The van der Waals surface area contributed by atoms with Crippen molar-refractivity contribution in [3.8, 4) is 0 Å². The Hall–Kier alpha value is -0.940. The number of nitrogens with zero attached hydrogens (tertiary/aromatic N) is 4. The summed E-state index contributed by atoms with van der Waals surface area (Å²) in [5, 5.41) is 7.73. The van der Waals surface area contributed by atoms with Crippen LogP contribution in [0, 0.1) is 5.92 Å². The second kappa shape index (κ2) is 6.85. The second-order valence-corrected chi connectivity index (χ2v) is 5.48. The summed E-state index contributed by atoms with van der Waals surface area (Å²) in [4.78, 5) is 6.83. The Morgan fingerprint density at radius 2 is 2.11 bits per heavy atom. The molecule has 1 N–H and O–H groups in total. The lowest BCUT2D eigenvalue weighted by atomic mass is 10.2. The summed E-state index contributed by atoms with van der Waals surface area (Å²) in [6, 6.07) is 0. The van der Waals surface area contributed by atoms with Crippen LogP contribution >= 0.6 is 0 Å². The maximum absolute atomic E-state index is 4.31. The topological polar surface area (TPSA) is 46.0 Å². The van der Waals surface area contributed by atoms with E-state index in [-0.39, 0.29) is 0 Å². The zero-order valence-corrected chi connectivity index (χ0v) is 11.6. The highest BCUT2D eigenvalue weighted by molar-refractivity contribution is 4.84. The number of nitrogens with one attached hydrogen (secondary N) is 1. The van der Waals surface area contributed by atoms with Gasteiger partial charge in [0.15, 0.2) is 0 Å². The Morgan fingerprint density at radius 3 is 2.83 bits per heavy atom. The molecule has 0 aromatic carbocycles. The van der Waals surface area contributed by atoms with Crippen molar-refractivity contribution in [1.29, 1.82) is 0 Å². The molecule has 0 spiro atoms. The van der Waals surface area contributed by atoms with Crippen molar-refractivity contribution in [2.45, 2.75) is 39.8 Å². The van der Waals surface area contributed by atoms with Crippen molar-refractivity contribution in [3.63, 3.8) is 0 Å². The van der Waals surface area contributed by atoms with Crippen LogP contribution in [-0.4, -0.2) is 45.8 Å². The molecule has 0 atom stereocenters. The van der Waals surface area contributed by atoms with E-state index in [1.807, 2.05) is 4.68 Å². The predicted molar refractivity (Wildman–Crippen MR) is 72.2 cm³/mol. The maximum atomic E-state index is 4.31. The standard InChI is InChI=1S/C13H25N5/c1-12(2)10-18-13(15-11-16-18)9-14-5-8-17-6-3-4-7-17/h11-12,14H,3-10H2,1-2H3. The van der Waals surface area contributed by atoms with E-state index in [0.29, 0.717) is 5.92 Å². The first-order valence-corrected chi connectivity index (χ1v) is 7.05. The molecule has 1 aliphatic rings. The van der Waals surface area contributed by atoms with E-state index < -0.39 is 0 Å². The van der Waals surface area contributed by atoms with Crippen molar-refractivity contribution in [2.75, 3.05) is 26.2 Å². The van der Waals surface area contributed by atoms with Gasteiger partial charge in [-0.15, -0.1) is 0 Å². The van der Waals surface area contributed by atoms with Gasteiger partial charge in [0.25, 0.3) is 0 Å². The second-order valence-electron chi connectivity index (χ2n) is 5.48. The molecule has 5 heteroatoms. The van der Waals surface area contributed by atoms with Crippen molar-refractivity contribution in [1.82, 2.24) is 25.0 Å². The first-order valence-electron chi connectivity index (χ1n) is 7.05. The van der Waals surface area contributed by atoms with Crippen molar-refractivity contribution >= 4 is 0 Å². The molecule has 0 amide bonds. The molecule has 0 unspecified atom stereocenters. The molecule has 1 aliphatic heterocycles. The summed E-state index contributed by atoms with van der Waals surface area (Å²) < 4.78 is 2.01. The van der Waals surface area contributed by atoms with Gasteiger partial charge in [-0.3, -0.25) is 0 Å². The zero-order chi connectivity index (χ0) is 12.8. The molecule has 0 aliphatic carbocycles. The van der Waals surface area contributed by atoms with E-state index in [0.717, 1.165) is 32.0 Å². The Labute approximate surface area is 110 Å². The van der Waals surface area contributed by atoms with Crippen LogP contribution < -0.4 is 5.32 Å². The molecule has 0 saturated carbocycles. The van der Waals surface area contributed by atoms with Crippen molar-refractivity contribution in [2.24, 2.45) is 5.92 Å². The van der Waals surface area contributed by atoms with Crippen LogP contribution in [0.15, 0.2) is 6.33 Å². The predicted octanol–water partition coefficient (Wildman–Crippen LogP) is 1.12. The number of hydrogen-bond donors (Lipinski definition) is 1. The molecule has 5 nitrogen and oxygen atoms in total. The van der Waals surface area contributed by atoms with E-state index in [1.165, 1.54) is 25.9 Å². The van der Waals surface area contributed by atoms with Crippen molar-refractivity contribution < 1.29 is 0 Å². The van der Waals surface area contributed by atoms with Crippen LogP contribution in [0.5, 0.6) is 0 Å². The van der Waals surface area contributed by atoms with Gasteiger partial charge in [0, 0.05) is 19.6 Å². The first-order chi connectivity index (χ1) is 8.75. The highest BCUT2D eigenvalue weighted by Crippen LogP contribution is 2.05. The molecule has 2 rings (SSSR count). The van der Waals surface area contributed by atoms with Gasteiger partial charge in [-0.2, -0.15) is 5.10 Å². The smallest absolute Gasteiger partial charge is 0.140 e. The minimum Gasteiger partial charge on any atom is -0.309 e. The molecular formula is C13H25N5. The van der Waals surface area contributed by atoms with Crippen LogP contribution in [0.25, 0.3) is 0 Å². The number of aromatic nitrogens is 3. The van der Waals surface area contributed by atoms with E-state index in [4.69, 9.17) is 0 Å². The Kier molecular flexibility index (Phi) is 5.13. The fourth-order valence-electron chi connectivity index (χ4n) is 2.37. The first kappa shape index (κ1) is 13.5. The zero-order valence-electron chi connectivity index (χ0n) is 11.6. The van der Waals surface area contributed by atoms with Gasteiger partial charge in [0.2, 0.25) is 0 Å². The van der Waals surface area contributed by atoms with Gasteiger partial charge < -0.3 is 10.2 Å².